The van der Waals surface area contributed by atoms with E-state index in [1.807, 2.05) is 19.2 Å². The molecule has 0 radical (unpaired) electrons. The van der Waals surface area contributed by atoms with Crippen LogP contribution in [0, 0.1) is 11.8 Å². The van der Waals surface area contributed by atoms with Crippen molar-refractivity contribution in [2.45, 2.75) is 52.4 Å². The molecule has 2 heterocycles. The number of rotatable bonds is 2. The lowest BCUT2D eigenvalue weighted by atomic mass is 9.77. The number of hydrogen-bond acceptors (Lipinski definition) is 4. The van der Waals surface area contributed by atoms with Gasteiger partial charge in [-0.2, -0.15) is 0 Å². The first kappa shape index (κ1) is 15.2. The summed E-state index contributed by atoms with van der Waals surface area (Å²) in [6, 6.07) is 0. The molecular formula is C15H22N2O2S. The highest BCUT2D eigenvalue weighted by molar-refractivity contribution is 7.09. The first-order chi connectivity index (χ1) is 9.20. The van der Waals surface area contributed by atoms with Gasteiger partial charge in [0.25, 0.3) is 0 Å². The molecule has 0 bridgehead atoms. The largest absolute Gasteiger partial charge is 0.296 e. The summed E-state index contributed by atoms with van der Waals surface area (Å²) in [7, 11) is 0. The minimum Gasteiger partial charge on any atom is -0.296 e. The molecule has 1 N–H and O–H groups in total. The van der Waals surface area contributed by atoms with E-state index in [-0.39, 0.29) is 35.0 Å². The maximum Gasteiger partial charge on any atom is 0.230 e. The molecule has 1 aliphatic rings. The first-order valence-electron chi connectivity index (χ1n) is 6.99. The molecule has 2 amide bonds. The molecule has 1 fully saturated rings. The third kappa shape index (κ3) is 2.92. The van der Waals surface area contributed by atoms with Gasteiger partial charge in [-0.3, -0.25) is 14.9 Å². The number of thiazole rings is 1. The number of aromatic nitrogens is 1. The van der Waals surface area contributed by atoms with Gasteiger partial charge in [0.2, 0.25) is 11.8 Å². The second-order valence-corrected chi connectivity index (χ2v) is 7.68. The molecule has 110 valence electrons. The van der Waals surface area contributed by atoms with E-state index >= 15 is 0 Å². The highest BCUT2D eigenvalue weighted by Crippen LogP contribution is 2.38. The van der Waals surface area contributed by atoms with Crippen LogP contribution in [0.25, 0.3) is 0 Å². The lowest BCUT2D eigenvalue weighted by Gasteiger charge is -2.31. The highest BCUT2D eigenvalue weighted by Gasteiger charge is 2.40. The Labute approximate surface area is 124 Å². The van der Waals surface area contributed by atoms with Crippen molar-refractivity contribution in [1.82, 2.24) is 10.3 Å². The van der Waals surface area contributed by atoms with Gasteiger partial charge in [-0.25, -0.2) is 4.98 Å². The van der Waals surface area contributed by atoms with Gasteiger partial charge in [-0.1, -0.05) is 34.6 Å². The van der Waals surface area contributed by atoms with Crippen LogP contribution >= 0.6 is 11.3 Å². The van der Waals surface area contributed by atoms with Gasteiger partial charge in [0.05, 0.1) is 10.7 Å². The first-order valence-corrected chi connectivity index (χ1v) is 7.87. The number of nitrogens with one attached hydrogen (secondary N) is 1. The average molecular weight is 294 g/mol. The van der Waals surface area contributed by atoms with E-state index in [0.29, 0.717) is 6.42 Å². The van der Waals surface area contributed by atoms with Gasteiger partial charge in [-0.15, -0.1) is 11.3 Å². The molecule has 0 spiro atoms. The van der Waals surface area contributed by atoms with Crippen molar-refractivity contribution in [3.05, 3.63) is 16.1 Å². The van der Waals surface area contributed by atoms with Gasteiger partial charge in [0.1, 0.15) is 0 Å². The van der Waals surface area contributed by atoms with Crippen molar-refractivity contribution in [3.63, 3.8) is 0 Å². The second-order valence-electron chi connectivity index (χ2n) is 6.82. The third-order valence-electron chi connectivity index (χ3n) is 3.67. The van der Waals surface area contributed by atoms with Crippen LogP contribution < -0.4 is 5.32 Å². The number of piperidine rings is 1. The molecule has 1 aromatic heterocycles. The molecule has 2 rings (SSSR count). The van der Waals surface area contributed by atoms with E-state index in [1.165, 1.54) is 0 Å². The van der Waals surface area contributed by atoms with Crippen LogP contribution in [0.5, 0.6) is 0 Å². The fraction of sp³-hybridized carbons (Fsp3) is 0.667. The highest BCUT2D eigenvalue weighted by atomic mass is 32.1. The zero-order valence-corrected chi connectivity index (χ0v) is 13.5. The smallest absolute Gasteiger partial charge is 0.230 e. The molecule has 4 nitrogen and oxygen atoms in total. The maximum atomic E-state index is 12.1. The molecule has 0 saturated carbocycles. The minimum absolute atomic E-state index is 0.00280. The lowest BCUT2D eigenvalue weighted by Crippen LogP contribution is -2.46. The Balaban J connectivity index is 2.35. The Kier molecular flexibility index (Phi) is 4.00. The fourth-order valence-electron chi connectivity index (χ4n) is 2.64. The zero-order valence-electron chi connectivity index (χ0n) is 12.7. The molecule has 2 atom stereocenters. The van der Waals surface area contributed by atoms with Crippen LogP contribution in [-0.4, -0.2) is 16.8 Å². The summed E-state index contributed by atoms with van der Waals surface area (Å²) >= 11 is 1.61. The average Bonchev–Trinajstić information content (AvgIpc) is 2.75. The molecule has 0 aromatic carbocycles. The second kappa shape index (κ2) is 5.28. The van der Waals surface area contributed by atoms with Crippen LogP contribution in [-0.2, 0) is 15.0 Å². The van der Waals surface area contributed by atoms with E-state index in [4.69, 9.17) is 4.98 Å². The zero-order chi connectivity index (χ0) is 15.1. The molecule has 1 aromatic rings. The quantitative estimate of drug-likeness (QED) is 0.853. The number of hydrogen-bond donors (Lipinski definition) is 1. The Morgan fingerprint density at radius 2 is 2.00 bits per heavy atom. The van der Waals surface area contributed by atoms with Gasteiger partial charge >= 0.3 is 0 Å². The number of carbonyl (C=O) groups excluding carboxylic acids is 2. The molecule has 1 aliphatic heterocycles. The van der Waals surface area contributed by atoms with Gasteiger partial charge in [0, 0.05) is 29.1 Å². The summed E-state index contributed by atoms with van der Waals surface area (Å²) in [5.74, 6) is -0.437. The van der Waals surface area contributed by atoms with E-state index in [2.05, 4.69) is 26.1 Å². The van der Waals surface area contributed by atoms with Crippen LogP contribution in [0.3, 0.4) is 0 Å². The summed E-state index contributed by atoms with van der Waals surface area (Å²) < 4.78 is 0. The third-order valence-corrected chi connectivity index (χ3v) is 4.95. The van der Waals surface area contributed by atoms with E-state index < -0.39 is 0 Å². The van der Waals surface area contributed by atoms with Crippen molar-refractivity contribution in [2.75, 3.05) is 0 Å². The standard InChI is InChI=1S/C15H22N2O2S/c1-8(2)12-9(6-11(18)17-13(12)19)10-7-20-14(16-10)15(3,4)5/h7-9,12H,6H2,1-5H3,(H,17,18,19). The van der Waals surface area contributed by atoms with E-state index in [0.717, 1.165) is 10.7 Å². The molecular weight excluding hydrogens is 272 g/mol. The topological polar surface area (TPSA) is 59.1 Å². The fourth-order valence-corrected chi connectivity index (χ4v) is 3.61. The van der Waals surface area contributed by atoms with Crippen molar-refractivity contribution < 1.29 is 9.59 Å². The summed E-state index contributed by atoms with van der Waals surface area (Å²) in [6.45, 7) is 10.4. The molecule has 5 heteroatoms. The lowest BCUT2D eigenvalue weighted by molar-refractivity contribution is -0.138. The van der Waals surface area contributed by atoms with Gasteiger partial charge in [-0.05, 0) is 5.92 Å². The maximum absolute atomic E-state index is 12.1. The van der Waals surface area contributed by atoms with Crippen molar-refractivity contribution >= 4 is 23.2 Å². The molecule has 2 unspecified atom stereocenters. The van der Waals surface area contributed by atoms with Crippen LogP contribution in [0.15, 0.2) is 5.38 Å². The monoisotopic (exact) mass is 294 g/mol. The SMILES string of the molecule is CC(C)C1C(=O)NC(=O)CC1c1csc(C(C)(C)C)n1. The van der Waals surface area contributed by atoms with E-state index in [1.54, 1.807) is 11.3 Å². The summed E-state index contributed by atoms with van der Waals surface area (Å²) in [6.07, 6.45) is 0.349. The van der Waals surface area contributed by atoms with Gasteiger partial charge in [0.15, 0.2) is 0 Å². The van der Waals surface area contributed by atoms with Crippen molar-refractivity contribution in [2.24, 2.45) is 11.8 Å². The predicted molar refractivity (Wildman–Crippen MR) is 79.6 cm³/mol. The van der Waals surface area contributed by atoms with Crippen LogP contribution in [0.4, 0.5) is 0 Å². The minimum atomic E-state index is -0.192. The molecule has 0 aliphatic carbocycles. The van der Waals surface area contributed by atoms with Crippen molar-refractivity contribution in [3.8, 4) is 0 Å². The Morgan fingerprint density at radius 3 is 2.50 bits per heavy atom. The summed E-state index contributed by atoms with van der Waals surface area (Å²) in [4.78, 5) is 28.4. The van der Waals surface area contributed by atoms with Crippen LogP contribution in [0.1, 0.15) is 57.7 Å². The number of nitrogens with zero attached hydrogens (tertiary/aromatic N) is 1. The summed E-state index contributed by atoms with van der Waals surface area (Å²) in [5.41, 5.74) is 0.888. The molecule has 1 saturated heterocycles. The van der Waals surface area contributed by atoms with Gasteiger partial charge < -0.3 is 0 Å². The van der Waals surface area contributed by atoms with Crippen LogP contribution in [0.2, 0.25) is 0 Å². The van der Waals surface area contributed by atoms with Crippen molar-refractivity contribution in [1.29, 1.82) is 0 Å². The normalized spacial score (nSPS) is 24.1. The Bertz CT molecular complexity index is 528. The summed E-state index contributed by atoms with van der Waals surface area (Å²) in [5, 5.41) is 5.50. The van der Waals surface area contributed by atoms with E-state index in [9.17, 15) is 9.59 Å². The molecule has 20 heavy (non-hydrogen) atoms. The Hall–Kier alpha value is -1.23. The number of carbonyl (C=O) groups is 2. The number of amides is 2. The Morgan fingerprint density at radius 1 is 1.35 bits per heavy atom. The number of imide groups is 1. The predicted octanol–water partition coefficient (Wildman–Crippen LogP) is 2.84.